The first-order chi connectivity index (χ1) is 9.44. The summed E-state index contributed by atoms with van der Waals surface area (Å²) in [7, 11) is 1.62. The third-order valence-corrected chi connectivity index (χ3v) is 3.92. The summed E-state index contributed by atoms with van der Waals surface area (Å²) in [5.41, 5.74) is 1.35. The predicted octanol–water partition coefficient (Wildman–Crippen LogP) is 2.85. The number of ether oxygens (including phenoxy) is 2. The van der Waals surface area contributed by atoms with Gasteiger partial charge in [-0.2, -0.15) is 0 Å². The number of carboxylic acid groups (broad SMARTS) is 1. The van der Waals surface area contributed by atoms with Crippen molar-refractivity contribution in [3.05, 3.63) is 29.3 Å². The van der Waals surface area contributed by atoms with Gasteiger partial charge in [-0.1, -0.05) is 12.1 Å². The lowest BCUT2D eigenvalue weighted by Gasteiger charge is -2.21. The third kappa shape index (κ3) is 3.12. The lowest BCUT2D eigenvalue weighted by molar-refractivity contribution is -0.146. The molecule has 0 radical (unpaired) electrons. The van der Waals surface area contributed by atoms with Crippen LogP contribution < -0.4 is 4.74 Å². The second kappa shape index (κ2) is 5.83. The molecule has 4 nitrogen and oxygen atoms in total. The summed E-state index contributed by atoms with van der Waals surface area (Å²) in [4.78, 5) is 11.3. The van der Waals surface area contributed by atoms with Gasteiger partial charge in [-0.25, -0.2) is 0 Å². The first kappa shape index (κ1) is 14.9. The maximum Gasteiger partial charge on any atom is 0.309 e. The highest BCUT2D eigenvalue weighted by atomic mass is 16.5. The van der Waals surface area contributed by atoms with Gasteiger partial charge in [0.05, 0.1) is 19.1 Å². The topological polar surface area (TPSA) is 55.8 Å². The Kier molecular flexibility index (Phi) is 4.33. The number of hydrogen-bond acceptors (Lipinski definition) is 3. The molecule has 0 saturated carbocycles. The molecule has 1 unspecified atom stereocenters. The van der Waals surface area contributed by atoms with Gasteiger partial charge in [0.1, 0.15) is 5.75 Å². The molecule has 0 aromatic heterocycles. The smallest absolute Gasteiger partial charge is 0.309 e. The molecule has 1 saturated heterocycles. The maximum atomic E-state index is 11.3. The van der Waals surface area contributed by atoms with Crippen LogP contribution in [0.2, 0.25) is 0 Å². The Morgan fingerprint density at radius 3 is 2.80 bits per heavy atom. The zero-order valence-corrected chi connectivity index (χ0v) is 12.3. The molecule has 110 valence electrons. The van der Waals surface area contributed by atoms with E-state index in [-0.39, 0.29) is 0 Å². The fourth-order valence-corrected chi connectivity index (χ4v) is 2.54. The van der Waals surface area contributed by atoms with E-state index < -0.39 is 11.4 Å². The molecular weight excluding hydrogens is 256 g/mol. The Labute approximate surface area is 119 Å². The quantitative estimate of drug-likeness (QED) is 0.899. The fraction of sp³-hybridized carbons (Fsp3) is 0.562. The van der Waals surface area contributed by atoms with E-state index in [1.54, 1.807) is 21.0 Å². The molecule has 20 heavy (non-hydrogen) atoms. The summed E-state index contributed by atoms with van der Waals surface area (Å²) >= 11 is 0. The Balaban J connectivity index is 2.29. The molecule has 1 heterocycles. The molecule has 1 N–H and O–H groups in total. The zero-order valence-electron chi connectivity index (χ0n) is 12.3. The summed E-state index contributed by atoms with van der Waals surface area (Å²) in [6, 6.07) is 6.05. The third-order valence-electron chi connectivity index (χ3n) is 3.92. The van der Waals surface area contributed by atoms with Crippen LogP contribution in [0.5, 0.6) is 5.75 Å². The van der Waals surface area contributed by atoms with Crippen LogP contribution in [0.25, 0.3) is 0 Å². The van der Waals surface area contributed by atoms with Crippen LogP contribution >= 0.6 is 0 Å². The molecule has 4 heteroatoms. The molecule has 2 rings (SSSR count). The van der Waals surface area contributed by atoms with E-state index in [9.17, 15) is 9.90 Å². The molecule has 1 atom stereocenters. The molecule has 1 aromatic rings. The highest BCUT2D eigenvalue weighted by Crippen LogP contribution is 2.33. The molecule has 0 spiro atoms. The average molecular weight is 278 g/mol. The van der Waals surface area contributed by atoms with Crippen molar-refractivity contribution < 1.29 is 19.4 Å². The van der Waals surface area contributed by atoms with Gasteiger partial charge in [-0.3, -0.25) is 4.79 Å². The Hall–Kier alpha value is -1.55. The van der Waals surface area contributed by atoms with Gasteiger partial charge in [-0.05, 0) is 43.9 Å². The molecular formula is C16H22O4. The molecule has 1 fully saturated rings. The second-order valence-electron chi connectivity index (χ2n) is 6.00. The van der Waals surface area contributed by atoms with Gasteiger partial charge < -0.3 is 14.6 Å². The molecule has 0 aliphatic carbocycles. The second-order valence-corrected chi connectivity index (χ2v) is 6.00. The Morgan fingerprint density at radius 2 is 2.25 bits per heavy atom. The van der Waals surface area contributed by atoms with Crippen LogP contribution in [0.15, 0.2) is 18.2 Å². The minimum atomic E-state index is -0.807. The van der Waals surface area contributed by atoms with Gasteiger partial charge in [0.2, 0.25) is 0 Å². The standard InChI is InChI=1S/C16H22O4/c1-16(2,15(17)18)9-13-8-11(4-5-14(13)19-3)12-6-7-20-10-12/h4-5,8,12H,6-7,9-10H2,1-3H3,(H,17,18). The highest BCUT2D eigenvalue weighted by molar-refractivity contribution is 5.74. The summed E-state index contributed by atoms with van der Waals surface area (Å²) in [5.74, 6) is 0.365. The number of aliphatic carboxylic acids is 1. The zero-order chi connectivity index (χ0) is 14.8. The van der Waals surface area contributed by atoms with Crippen molar-refractivity contribution in [1.82, 2.24) is 0 Å². The predicted molar refractivity (Wildman–Crippen MR) is 76.3 cm³/mol. The summed E-state index contributed by atoms with van der Waals surface area (Å²) in [5, 5.41) is 9.29. The van der Waals surface area contributed by atoms with Crippen LogP contribution in [-0.2, 0) is 16.0 Å². The van der Waals surface area contributed by atoms with Crippen LogP contribution in [0.1, 0.15) is 37.3 Å². The van der Waals surface area contributed by atoms with Crippen molar-refractivity contribution in [2.24, 2.45) is 5.41 Å². The molecule has 1 aromatic carbocycles. The Bertz CT molecular complexity index is 487. The maximum absolute atomic E-state index is 11.3. The normalized spacial score (nSPS) is 19.1. The first-order valence-electron chi connectivity index (χ1n) is 6.92. The first-order valence-corrected chi connectivity index (χ1v) is 6.92. The van der Waals surface area contributed by atoms with E-state index in [0.29, 0.717) is 12.3 Å². The van der Waals surface area contributed by atoms with Gasteiger partial charge >= 0.3 is 5.97 Å². The van der Waals surface area contributed by atoms with Gasteiger partial charge in [0, 0.05) is 12.5 Å². The van der Waals surface area contributed by atoms with Crippen molar-refractivity contribution in [2.45, 2.75) is 32.6 Å². The summed E-state index contributed by atoms with van der Waals surface area (Å²) < 4.78 is 10.8. The van der Waals surface area contributed by atoms with E-state index in [0.717, 1.165) is 30.9 Å². The van der Waals surface area contributed by atoms with Crippen molar-refractivity contribution in [3.8, 4) is 5.75 Å². The number of hydrogen-bond donors (Lipinski definition) is 1. The molecule has 0 bridgehead atoms. The minimum absolute atomic E-state index is 0.410. The molecule has 1 aliphatic rings. The van der Waals surface area contributed by atoms with Gasteiger partial charge in [-0.15, -0.1) is 0 Å². The fourth-order valence-electron chi connectivity index (χ4n) is 2.54. The van der Waals surface area contributed by atoms with Crippen LogP contribution in [0, 0.1) is 5.41 Å². The van der Waals surface area contributed by atoms with E-state index in [2.05, 4.69) is 12.1 Å². The van der Waals surface area contributed by atoms with E-state index >= 15 is 0 Å². The SMILES string of the molecule is COc1ccc(C2CCOC2)cc1CC(C)(C)C(=O)O. The number of methoxy groups -OCH3 is 1. The lowest BCUT2D eigenvalue weighted by atomic mass is 9.84. The van der Waals surface area contributed by atoms with Crippen molar-refractivity contribution in [3.63, 3.8) is 0 Å². The number of benzene rings is 1. The van der Waals surface area contributed by atoms with E-state index in [4.69, 9.17) is 9.47 Å². The minimum Gasteiger partial charge on any atom is -0.496 e. The van der Waals surface area contributed by atoms with E-state index in [1.807, 2.05) is 6.07 Å². The summed E-state index contributed by atoms with van der Waals surface area (Å²) in [6.07, 6.45) is 1.47. The lowest BCUT2D eigenvalue weighted by Crippen LogP contribution is -2.26. The molecule has 0 amide bonds. The van der Waals surface area contributed by atoms with Crippen molar-refractivity contribution in [1.29, 1.82) is 0 Å². The number of carbonyl (C=O) groups is 1. The van der Waals surface area contributed by atoms with Crippen LogP contribution in [-0.4, -0.2) is 31.4 Å². The summed E-state index contributed by atoms with van der Waals surface area (Å²) in [6.45, 7) is 5.01. The van der Waals surface area contributed by atoms with Crippen LogP contribution in [0.3, 0.4) is 0 Å². The van der Waals surface area contributed by atoms with Gasteiger partial charge in [0.15, 0.2) is 0 Å². The average Bonchev–Trinajstić information content (AvgIpc) is 2.92. The number of rotatable bonds is 5. The van der Waals surface area contributed by atoms with E-state index in [1.165, 1.54) is 5.56 Å². The monoisotopic (exact) mass is 278 g/mol. The van der Waals surface area contributed by atoms with Gasteiger partial charge in [0.25, 0.3) is 0 Å². The Morgan fingerprint density at radius 1 is 1.50 bits per heavy atom. The van der Waals surface area contributed by atoms with Crippen molar-refractivity contribution in [2.75, 3.05) is 20.3 Å². The van der Waals surface area contributed by atoms with Crippen molar-refractivity contribution >= 4 is 5.97 Å². The van der Waals surface area contributed by atoms with Crippen LogP contribution in [0.4, 0.5) is 0 Å². The number of carboxylic acids is 1. The molecule has 1 aliphatic heterocycles. The highest BCUT2D eigenvalue weighted by Gasteiger charge is 2.29. The largest absolute Gasteiger partial charge is 0.496 e.